The molecule has 0 fully saturated rings. The lowest BCUT2D eigenvalue weighted by atomic mass is 10.1. The van der Waals surface area contributed by atoms with Gasteiger partial charge in [0.2, 0.25) is 5.91 Å². The molecule has 2 unspecified atom stereocenters. The van der Waals surface area contributed by atoms with E-state index in [1.165, 1.54) is 0 Å². The first-order valence-electron chi connectivity index (χ1n) is 7.93. The molecule has 1 aliphatic heterocycles. The van der Waals surface area contributed by atoms with Gasteiger partial charge in [0, 0.05) is 19.0 Å². The molecule has 0 bridgehead atoms. The number of nitrogens with zero attached hydrogens (tertiary/aromatic N) is 1. The largest absolute Gasteiger partial charge is 0.478 e. The highest BCUT2D eigenvalue weighted by atomic mass is 16.5. The Kier molecular flexibility index (Phi) is 5.41. The molecule has 0 aromatic heterocycles. The van der Waals surface area contributed by atoms with E-state index in [4.69, 9.17) is 4.74 Å². The molecule has 0 radical (unpaired) electrons. The maximum atomic E-state index is 12.5. The van der Waals surface area contributed by atoms with Crippen molar-refractivity contribution < 1.29 is 14.3 Å². The number of fused-ring (bicyclic) bond motifs is 1. The second-order valence-electron chi connectivity index (χ2n) is 5.60. The zero-order chi connectivity index (χ0) is 16.1. The molecule has 120 valence electrons. The van der Waals surface area contributed by atoms with E-state index < -0.39 is 6.10 Å². The number of anilines is 1. The van der Waals surface area contributed by atoms with Crippen LogP contribution in [0.15, 0.2) is 24.3 Å². The van der Waals surface area contributed by atoms with Gasteiger partial charge in [0.05, 0.1) is 5.69 Å². The van der Waals surface area contributed by atoms with Gasteiger partial charge in [-0.25, -0.2) is 0 Å². The maximum Gasteiger partial charge on any atom is 0.268 e. The van der Waals surface area contributed by atoms with Crippen LogP contribution in [0.1, 0.15) is 40.0 Å². The summed E-state index contributed by atoms with van der Waals surface area (Å²) in [5, 5.41) is 2.92. The maximum absolute atomic E-state index is 12.5. The van der Waals surface area contributed by atoms with Crippen molar-refractivity contribution in [3.63, 3.8) is 0 Å². The quantitative estimate of drug-likeness (QED) is 0.878. The fraction of sp³-hybridized carbons (Fsp3) is 0.529. The van der Waals surface area contributed by atoms with Gasteiger partial charge in [-0.1, -0.05) is 26.0 Å². The van der Waals surface area contributed by atoms with Crippen molar-refractivity contribution in [3.8, 4) is 5.75 Å². The molecule has 0 spiro atoms. The number of rotatable bonds is 6. The molecule has 2 atom stereocenters. The second-order valence-corrected chi connectivity index (χ2v) is 5.60. The molecule has 5 nitrogen and oxygen atoms in total. The normalized spacial score (nSPS) is 18.4. The van der Waals surface area contributed by atoms with E-state index >= 15 is 0 Å². The fourth-order valence-electron chi connectivity index (χ4n) is 2.43. The molecular formula is C17H24N2O3. The van der Waals surface area contributed by atoms with Crippen molar-refractivity contribution >= 4 is 17.5 Å². The molecule has 0 aliphatic carbocycles. The van der Waals surface area contributed by atoms with E-state index in [0.29, 0.717) is 25.1 Å². The Balaban J connectivity index is 2.08. The number of amides is 2. The van der Waals surface area contributed by atoms with E-state index in [1.807, 2.05) is 45.0 Å². The first-order chi connectivity index (χ1) is 10.6. The number of carbonyl (C=O) groups excluding carboxylic acids is 2. The monoisotopic (exact) mass is 304 g/mol. The summed E-state index contributed by atoms with van der Waals surface area (Å²) in [5.41, 5.74) is 0.744. The Morgan fingerprint density at radius 1 is 1.36 bits per heavy atom. The van der Waals surface area contributed by atoms with Crippen molar-refractivity contribution in [2.24, 2.45) is 0 Å². The molecule has 0 saturated carbocycles. The Labute approximate surface area is 131 Å². The number of hydrogen-bond donors (Lipinski definition) is 1. The van der Waals surface area contributed by atoms with Gasteiger partial charge in [-0.2, -0.15) is 0 Å². The molecule has 1 aromatic rings. The highest BCUT2D eigenvalue weighted by molar-refractivity contribution is 6.00. The number of nitrogens with one attached hydrogen (secondary N) is 1. The Morgan fingerprint density at radius 2 is 2.09 bits per heavy atom. The van der Waals surface area contributed by atoms with E-state index in [1.54, 1.807) is 4.90 Å². The van der Waals surface area contributed by atoms with Crippen molar-refractivity contribution in [2.75, 3.05) is 11.4 Å². The molecule has 1 heterocycles. The SMILES string of the molecule is CCC(C)NC(=O)CCN1C(=O)C(CC)Oc2ccccc21. The van der Waals surface area contributed by atoms with Crippen molar-refractivity contribution in [1.82, 2.24) is 5.32 Å². The molecule has 2 rings (SSSR count). The van der Waals surface area contributed by atoms with Crippen molar-refractivity contribution in [3.05, 3.63) is 24.3 Å². The highest BCUT2D eigenvalue weighted by Gasteiger charge is 2.33. The third kappa shape index (κ3) is 3.59. The average Bonchev–Trinajstić information content (AvgIpc) is 2.53. The molecule has 5 heteroatoms. The van der Waals surface area contributed by atoms with Crippen LogP contribution in [-0.2, 0) is 9.59 Å². The standard InChI is InChI=1S/C17H24N2O3/c1-4-12(3)18-16(20)10-11-19-13-8-6-7-9-15(13)22-14(5-2)17(19)21/h6-9,12,14H,4-5,10-11H2,1-3H3,(H,18,20). The summed E-state index contributed by atoms with van der Waals surface area (Å²) in [7, 11) is 0. The first kappa shape index (κ1) is 16.3. The lowest BCUT2D eigenvalue weighted by molar-refractivity contribution is -0.126. The minimum Gasteiger partial charge on any atom is -0.478 e. The van der Waals surface area contributed by atoms with E-state index in [2.05, 4.69) is 5.32 Å². The predicted octanol–water partition coefficient (Wildman–Crippen LogP) is 2.50. The zero-order valence-corrected chi connectivity index (χ0v) is 13.5. The average molecular weight is 304 g/mol. The molecule has 0 saturated heterocycles. The van der Waals surface area contributed by atoms with Gasteiger partial charge in [0.1, 0.15) is 5.75 Å². The van der Waals surface area contributed by atoms with Gasteiger partial charge >= 0.3 is 0 Å². The molecular weight excluding hydrogens is 280 g/mol. The fourth-order valence-corrected chi connectivity index (χ4v) is 2.43. The molecule has 1 aliphatic rings. The lowest BCUT2D eigenvalue weighted by Gasteiger charge is -2.34. The van der Waals surface area contributed by atoms with Crippen molar-refractivity contribution in [1.29, 1.82) is 0 Å². The molecule has 2 amide bonds. The van der Waals surface area contributed by atoms with E-state index in [-0.39, 0.29) is 17.9 Å². The van der Waals surface area contributed by atoms with Gasteiger partial charge in [0.25, 0.3) is 5.91 Å². The number of carbonyl (C=O) groups is 2. The minimum atomic E-state index is -0.465. The van der Waals surface area contributed by atoms with Crippen LogP contribution in [0.2, 0.25) is 0 Å². The Morgan fingerprint density at radius 3 is 2.77 bits per heavy atom. The lowest BCUT2D eigenvalue weighted by Crippen LogP contribution is -2.47. The summed E-state index contributed by atoms with van der Waals surface area (Å²) in [4.78, 5) is 26.1. The Hall–Kier alpha value is -2.04. The minimum absolute atomic E-state index is 0.0285. The van der Waals surface area contributed by atoms with Crippen LogP contribution in [0.25, 0.3) is 0 Å². The Bertz CT molecular complexity index is 544. The van der Waals surface area contributed by atoms with Gasteiger partial charge < -0.3 is 15.0 Å². The van der Waals surface area contributed by atoms with Crippen LogP contribution in [-0.4, -0.2) is 30.5 Å². The number of para-hydroxylation sites is 2. The van der Waals surface area contributed by atoms with Crippen LogP contribution in [0.3, 0.4) is 0 Å². The summed E-state index contributed by atoms with van der Waals surface area (Å²) in [6.45, 7) is 6.29. The number of benzene rings is 1. The summed E-state index contributed by atoms with van der Waals surface area (Å²) < 4.78 is 5.72. The smallest absolute Gasteiger partial charge is 0.268 e. The highest BCUT2D eigenvalue weighted by Crippen LogP contribution is 2.34. The van der Waals surface area contributed by atoms with Gasteiger partial charge in [-0.05, 0) is 31.9 Å². The van der Waals surface area contributed by atoms with Crippen LogP contribution in [0.4, 0.5) is 5.69 Å². The molecule has 1 aromatic carbocycles. The number of ether oxygens (including phenoxy) is 1. The third-order valence-electron chi connectivity index (χ3n) is 3.92. The van der Waals surface area contributed by atoms with Crippen molar-refractivity contribution in [2.45, 2.75) is 52.2 Å². The van der Waals surface area contributed by atoms with E-state index in [0.717, 1.165) is 12.1 Å². The summed E-state index contributed by atoms with van der Waals surface area (Å²) in [5.74, 6) is 0.605. The van der Waals surface area contributed by atoms with Crippen LogP contribution >= 0.6 is 0 Å². The van der Waals surface area contributed by atoms with Crippen LogP contribution < -0.4 is 15.0 Å². The summed E-state index contributed by atoms with van der Waals surface area (Å²) in [6, 6.07) is 7.62. The van der Waals surface area contributed by atoms with Gasteiger partial charge in [-0.15, -0.1) is 0 Å². The topological polar surface area (TPSA) is 58.6 Å². The van der Waals surface area contributed by atoms with Gasteiger partial charge in [0.15, 0.2) is 6.10 Å². The third-order valence-corrected chi connectivity index (χ3v) is 3.92. The van der Waals surface area contributed by atoms with Gasteiger partial charge in [-0.3, -0.25) is 9.59 Å². The molecule has 22 heavy (non-hydrogen) atoms. The molecule has 1 N–H and O–H groups in total. The summed E-state index contributed by atoms with van der Waals surface area (Å²) in [6.07, 6.45) is 1.33. The second kappa shape index (κ2) is 7.29. The zero-order valence-electron chi connectivity index (χ0n) is 13.5. The predicted molar refractivity (Wildman–Crippen MR) is 86.0 cm³/mol. The van der Waals surface area contributed by atoms with E-state index in [9.17, 15) is 9.59 Å². The number of hydrogen-bond acceptors (Lipinski definition) is 3. The first-order valence-corrected chi connectivity index (χ1v) is 7.93. The van der Waals surface area contributed by atoms with Crippen LogP contribution in [0.5, 0.6) is 5.75 Å². The summed E-state index contributed by atoms with van der Waals surface area (Å²) >= 11 is 0. The van der Waals surface area contributed by atoms with Crippen LogP contribution in [0, 0.1) is 0 Å².